The van der Waals surface area contributed by atoms with Gasteiger partial charge in [-0.25, -0.2) is 4.39 Å². The van der Waals surface area contributed by atoms with Crippen LogP contribution in [0.1, 0.15) is 37.7 Å². The molecule has 1 fully saturated rings. The van der Waals surface area contributed by atoms with Crippen molar-refractivity contribution in [2.45, 2.75) is 32.1 Å². The standard InChI is InChI=1S/C15H22FN3/c1-19(10-11-6-3-2-4-7-11)13-9-5-8-12(16)14(13)15(17)18/h5,8-9,11H,2-4,6-7,10H2,1H3,(H3,17,18). The van der Waals surface area contributed by atoms with Crippen LogP contribution in [0.25, 0.3) is 0 Å². The van der Waals surface area contributed by atoms with E-state index >= 15 is 0 Å². The third-order valence-corrected chi connectivity index (χ3v) is 3.93. The first kappa shape index (κ1) is 13.8. The van der Waals surface area contributed by atoms with E-state index in [2.05, 4.69) is 0 Å². The second kappa shape index (κ2) is 6.04. The molecule has 0 atom stereocenters. The molecule has 1 aromatic carbocycles. The number of halogens is 1. The highest BCUT2D eigenvalue weighted by atomic mass is 19.1. The quantitative estimate of drug-likeness (QED) is 0.647. The largest absolute Gasteiger partial charge is 0.384 e. The van der Waals surface area contributed by atoms with Crippen molar-refractivity contribution in [3.8, 4) is 0 Å². The number of hydrogen-bond acceptors (Lipinski definition) is 2. The Morgan fingerprint density at radius 3 is 2.68 bits per heavy atom. The molecule has 0 aromatic heterocycles. The molecule has 2 rings (SSSR count). The number of nitrogens with one attached hydrogen (secondary N) is 1. The lowest BCUT2D eigenvalue weighted by Crippen LogP contribution is -2.29. The van der Waals surface area contributed by atoms with Crippen LogP contribution in [0.2, 0.25) is 0 Å². The zero-order valence-corrected chi connectivity index (χ0v) is 11.5. The lowest BCUT2D eigenvalue weighted by Gasteiger charge is -2.29. The predicted octanol–water partition coefficient (Wildman–Crippen LogP) is 3.13. The van der Waals surface area contributed by atoms with Crippen LogP contribution in [0.3, 0.4) is 0 Å². The Kier molecular flexibility index (Phi) is 4.40. The van der Waals surface area contributed by atoms with E-state index in [0.717, 1.165) is 12.2 Å². The van der Waals surface area contributed by atoms with Crippen molar-refractivity contribution in [3.63, 3.8) is 0 Å². The van der Waals surface area contributed by atoms with Crippen molar-refractivity contribution < 1.29 is 4.39 Å². The second-order valence-corrected chi connectivity index (χ2v) is 5.43. The van der Waals surface area contributed by atoms with Gasteiger partial charge in [-0.2, -0.15) is 0 Å². The molecular formula is C15H22FN3. The fraction of sp³-hybridized carbons (Fsp3) is 0.533. The number of hydrogen-bond donors (Lipinski definition) is 2. The zero-order valence-electron chi connectivity index (χ0n) is 11.5. The molecule has 0 amide bonds. The molecule has 1 aromatic rings. The van der Waals surface area contributed by atoms with Gasteiger partial charge in [-0.05, 0) is 30.9 Å². The number of nitrogen functional groups attached to an aromatic ring is 1. The Morgan fingerprint density at radius 2 is 2.05 bits per heavy atom. The van der Waals surface area contributed by atoms with Gasteiger partial charge in [0.2, 0.25) is 0 Å². The van der Waals surface area contributed by atoms with E-state index in [1.807, 2.05) is 18.0 Å². The van der Waals surface area contributed by atoms with Crippen LogP contribution in [-0.4, -0.2) is 19.4 Å². The summed E-state index contributed by atoms with van der Waals surface area (Å²) >= 11 is 0. The van der Waals surface area contributed by atoms with E-state index in [-0.39, 0.29) is 11.4 Å². The van der Waals surface area contributed by atoms with Gasteiger partial charge in [-0.15, -0.1) is 0 Å². The zero-order chi connectivity index (χ0) is 13.8. The summed E-state index contributed by atoms with van der Waals surface area (Å²) < 4.78 is 13.8. The molecule has 1 aliphatic rings. The molecular weight excluding hydrogens is 241 g/mol. The molecule has 0 heterocycles. The molecule has 4 heteroatoms. The Hall–Kier alpha value is -1.58. The summed E-state index contributed by atoms with van der Waals surface area (Å²) in [5.74, 6) is 0.0471. The average Bonchev–Trinajstić information content (AvgIpc) is 2.39. The van der Waals surface area contributed by atoms with Crippen LogP contribution in [0.15, 0.2) is 18.2 Å². The molecule has 1 aliphatic carbocycles. The third kappa shape index (κ3) is 3.25. The van der Waals surface area contributed by atoms with Crippen molar-refractivity contribution in [1.82, 2.24) is 0 Å². The normalized spacial score (nSPS) is 16.3. The highest BCUT2D eigenvalue weighted by Gasteiger charge is 2.19. The number of anilines is 1. The minimum absolute atomic E-state index is 0.205. The van der Waals surface area contributed by atoms with E-state index in [4.69, 9.17) is 11.1 Å². The Bertz CT molecular complexity index is 453. The highest BCUT2D eigenvalue weighted by Crippen LogP contribution is 2.28. The lowest BCUT2D eigenvalue weighted by molar-refractivity contribution is 0.362. The molecule has 1 saturated carbocycles. The maximum atomic E-state index is 13.8. The van der Waals surface area contributed by atoms with Crippen molar-refractivity contribution in [2.24, 2.45) is 11.7 Å². The molecule has 3 nitrogen and oxygen atoms in total. The summed E-state index contributed by atoms with van der Waals surface area (Å²) in [5.41, 5.74) is 6.45. The van der Waals surface area contributed by atoms with Gasteiger partial charge in [-0.3, -0.25) is 5.41 Å². The third-order valence-electron chi connectivity index (χ3n) is 3.93. The Morgan fingerprint density at radius 1 is 1.37 bits per heavy atom. The van der Waals surface area contributed by atoms with Gasteiger partial charge >= 0.3 is 0 Å². The Balaban J connectivity index is 2.16. The van der Waals surface area contributed by atoms with Gasteiger partial charge < -0.3 is 10.6 Å². The van der Waals surface area contributed by atoms with Gasteiger partial charge in [0.05, 0.1) is 11.3 Å². The monoisotopic (exact) mass is 263 g/mol. The van der Waals surface area contributed by atoms with E-state index in [1.165, 1.54) is 38.2 Å². The number of nitrogens with zero attached hydrogens (tertiary/aromatic N) is 1. The first-order valence-electron chi connectivity index (χ1n) is 6.93. The molecule has 0 aliphatic heterocycles. The first-order valence-corrected chi connectivity index (χ1v) is 6.93. The topological polar surface area (TPSA) is 53.1 Å². The summed E-state index contributed by atoms with van der Waals surface area (Å²) in [6.45, 7) is 0.906. The smallest absolute Gasteiger partial charge is 0.136 e. The molecule has 0 saturated heterocycles. The number of amidine groups is 1. The molecule has 0 bridgehead atoms. The summed E-state index contributed by atoms with van der Waals surface area (Å²) in [6, 6.07) is 4.87. The maximum absolute atomic E-state index is 13.8. The van der Waals surface area contributed by atoms with Gasteiger partial charge in [0, 0.05) is 13.6 Å². The number of nitrogens with two attached hydrogens (primary N) is 1. The van der Waals surface area contributed by atoms with Crippen LogP contribution in [0.4, 0.5) is 10.1 Å². The SMILES string of the molecule is CN(CC1CCCCC1)c1cccc(F)c1C(=N)N. The summed E-state index contributed by atoms with van der Waals surface area (Å²) in [4.78, 5) is 2.04. The number of rotatable bonds is 4. The molecule has 104 valence electrons. The summed E-state index contributed by atoms with van der Waals surface area (Å²) in [7, 11) is 1.95. The van der Waals surface area contributed by atoms with Crippen molar-refractivity contribution in [1.29, 1.82) is 5.41 Å². The average molecular weight is 263 g/mol. The fourth-order valence-electron chi connectivity index (χ4n) is 2.95. The number of benzene rings is 1. The fourth-order valence-corrected chi connectivity index (χ4v) is 2.95. The Labute approximate surface area is 114 Å². The van der Waals surface area contributed by atoms with Crippen LogP contribution in [0, 0.1) is 17.1 Å². The molecule has 0 radical (unpaired) electrons. The molecule has 19 heavy (non-hydrogen) atoms. The van der Waals surface area contributed by atoms with Crippen molar-refractivity contribution in [2.75, 3.05) is 18.5 Å². The van der Waals surface area contributed by atoms with Gasteiger partial charge in [0.1, 0.15) is 11.7 Å². The van der Waals surface area contributed by atoms with E-state index in [1.54, 1.807) is 6.07 Å². The van der Waals surface area contributed by atoms with Gasteiger partial charge in [0.25, 0.3) is 0 Å². The van der Waals surface area contributed by atoms with Gasteiger partial charge in [0.15, 0.2) is 0 Å². The first-order chi connectivity index (χ1) is 9.09. The molecule has 3 N–H and O–H groups in total. The van der Waals surface area contributed by atoms with Crippen LogP contribution in [-0.2, 0) is 0 Å². The lowest BCUT2D eigenvalue weighted by atomic mass is 9.89. The predicted molar refractivity (Wildman–Crippen MR) is 77.3 cm³/mol. The minimum Gasteiger partial charge on any atom is -0.384 e. The molecule has 0 unspecified atom stereocenters. The van der Waals surface area contributed by atoms with Crippen molar-refractivity contribution in [3.05, 3.63) is 29.6 Å². The second-order valence-electron chi connectivity index (χ2n) is 5.43. The summed E-state index contributed by atoms with van der Waals surface area (Å²) in [6.07, 6.45) is 6.41. The van der Waals surface area contributed by atoms with Gasteiger partial charge in [-0.1, -0.05) is 25.3 Å². The van der Waals surface area contributed by atoms with Crippen LogP contribution < -0.4 is 10.6 Å². The highest BCUT2D eigenvalue weighted by molar-refractivity contribution is 6.00. The van der Waals surface area contributed by atoms with E-state index < -0.39 is 5.82 Å². The summed E-state index contributed by atoms with van der Waals surface area (Å²) in [5, 5.41) is 7.54. The van der Waals surface area contributed by atoms with Crippen LogP contribution in [0.5, 0.6) is 0 Å². The minimum atomic E-state index is -0.416. The van der Waals surface area contributed by atoms with E-state index in [9.17, 15) is 4.39 Å². The van der Waals surface area contributed by atoms with E-state index in [0.29, 0.717) is 5.92 Å². The van der Waals surface area contributed by atoms with Crippen molar-refractivity contribution >= 4 is 11.5 Å². The molecule has 0 spiro atoms. The van der Waals surface area contributed by atoms with Crippen LogP contribution >= 0.6 is 0 Å². The maximum Gasteiger partial charge on any atom is 0.136 e.